The number of benzene rings is 3. The zero-order chi connectivity index (χ0) is 26.3. The van der Waals surface area contributed by atoms with Gasteiger partial charge in [0.2, 0.25) is 0 Å². The third kappa shape index (κ3) is 4.94. The lowest BCUT2D eigenvalue weighted by Gasteiger charge is -2.26. The molecule has 1 atom stereocenters. The number of rotatable bonds is 6. The molecule has 0 aliphatic carbocycles. The van der Waals surface area contributed by atoms with Crippen molar-refractivity contribution < 1.29 is 35.3 Å². The van der Waals surface area contributed by atoms with Crippen LogP contribution >= 0.6 is 12.4 Å². The van der Waals surface area contributed by atoms with Gasteiger partial charge in [-0.05, 0) is 52.6 Å². The summed E-state index contributed by atoms with van der Waals surface area (Å²) in [6.07, 6.45) is 0. The summed E-state index contributed by atoms with van der Waals surface area (Å²) in [4.78, 5) is 19.1. The maximum Gasteiger partial charge on any atom is 0.534 e. The summed E-state index contributed by atoms with van der Waals surface area (Å²) >= 11 is 0. The van der Waals surface area contributed by atoms with Crippen LogP contribution in [0.5, 0.6) is 11.5 Å². The topological polar surface area (TPSA) is 111 Å². The first-order valence-corrected chi connectivity index (χ1v) is 11.8. The Kier molecular flexibility index (Phi) is 7.47. The van der Waals surface area contributed by atoms with E-state index >= 15 is 0 Å². The Labute approximate surface area is 217 Å². The van der Waals surface area contributed by atoms with Crippen molar-refractivity contribution in [3.05, 3.63) is 83.9 Å². The first kappa shape index (κ1) is 27.8. The van der Waals surface area contributed by atoms with Crippen LogP contribution in [0.3, 0.4) is 0 Å². The molecule has 3 aromatic rings. The average molecular weight is 556 g/mol. The summed E-state index contributed by atoms with van der Waals surface area (Å²) in [5.74, 6) is -0.505. The minimum atomic E-state index is -5.85. The van der Waals surface area contributed by atoms with Gasteiger partial charge in [0.1, 0.15) is 11.5 Å². The van der Waals surface area contributed by atoms with E-state index in [1.54, 1.807) is 31.4 Å². The first-order chi connectivity index (χ1) is 16.9. The maximum atomic E-state index is 13.5. The molecule has 0 bridgehead atoms. The number of hydrogen-bond donors (Lipinski definition) is 1. The van der Waals surface area contributed by atoms with Gasteiger partial charge in [-0.15, -0.1) is 12.4 Å². The molecule has 1 aliphatic heterocycles. The summed E-state index contributed by atoms with van der Waals surface area (Å²) in [5, 5.41) is 0. The Morgan fingerprint density at radius 3 is 2.05 bits per heavy atom. The van der Waals surface area contributed by atoms with E-state index in [0.29, 0.717) is 11.3 Å². The molecule has 3 aromatic carbocycles. The van der Waals surface area contributed by atoms with Crippen molar-refractivity contribution in [2.24, 2.45) is 10.7 Å². The van der Waals surface area contributed by atoms with Gasteiger partial charge >= 0.3 is 15.6 Å². The molecule has 0 saturated carbocycles. The van der Waals surface area contributed by atoms with Crippen molar-refractivity contribution in [3.8, 4) is 22.6 Å². The van der Waals surface area contributed by atoms with Crippen molar-refractivity contribution in [1.82, 2.24) is 4.90 Å². The minimum absolute atomic E-state index is 0. The molecule has 2 N–H and O–H groups in total. The fraction of sp³-hybridized carbons (Fsp3) is 0.167. The summed E-state index contributed by atoms with van der Waals surface area (Å²) in [6.45, 7) is 0. The van der Waals surface area contributed by atoms with Gasteiger partial charge in [0.25, 0.3) is 5.91 Å². The highest BCUT2D eigenvalue weighted by Gasteiger charge is 2.50. The zero-order valence-corrected chi connectivity index (χ0v) is 21.0. The highest BCUT2D eigenvalue weighted by Crippen LogP contribution is 2.41. The standard InChI is InChI=1S/C24H20F3N3O5S.ClH/c1-30-21(31)23(29-22(30)28,17-9-11-19(12-10-17)35-36(32,33)24(25,26)27)18-7-3-5-15(13-18)16-6-4-8-20(14-16)34-2;/h3-14H,1-2H3,(H2,28,29);1H. The maximum absolute atomic E-state index is 13.5. The zero-order valence-electron chi connectivity index (χ0n) is 19.4. The van der Waals surface area contributed by atoms with E-state index in [1.165, 1.54) is 19.2 Å². The fourth-order valence-electron chi connectivity index (χ4n) is 3.84. The smallest absolute Gasteiger partial charge is 0.497 e. The van der Waals surface area contributed by atoms with Crippen LogP contribution in [-0.4, -0.2) is 44.9 Å². The highest BCUT2D eigenvalue weighted by molar-refractivity contribution is 7.88. The third-order valence-corrected chi connectivity index (χ3v) is 6.66. The predicted octanol–water partition coefficient (Wildman–Crippen LogP) is 4.04. The van der Waals surface area contributed by atoms with E-state index in [-0.39, 0.29) is 23.9 Å². The Bertz CT molecular complexity index is 1460. The quantitative estimate of drug-likeness (QED) is 0.363. The number of alkyl halides is 3. The fourth-order valence-corrected chi connectivity index (χ4v) is 4.30. The van der Waals surface area contributed by atoms with Gasteiger partial charge in [-0.2, -0.15) is 21.6 Å². The second-order valence-electron chi connectivity index (χ2n) is 7.86. The summed E-state index contributed by atoms with van der Waals surface area (Å²) in [7, 11) is -2.86. The van der Waals surface area contributed by atoms with Gasteiger partial charge in [-0.1, -0.05) is 42.5 Å². The molecule has 37 heavy (non-hydrogen) atoms. The molecule has 1 heterocycles. The number of carbonyl (C=O) groups is 1. The Hall–Kier alpha value is -3.77. The molecule has 196 valence electrons. The highest BCUT2D eigenvalue weighted by atomic mass is 35.5. The molecule has 0 fully saturated rings. The Morgan fingerprint density at radius 1 is 0.919 bits per heavy atom. The Balaban J connectivity index is 0.00000380. The van der Waals surface area contributed by atoms with E-state index in [9.17, 15) is 26.4 Å². The van der Waals surface area contributed by atoms with Crippen LogP contribution in [0.25, 0.3) is 11.1 Å². The number of ether oxygens (including phenoxy) is 1. The monoisotopic (exact) mass is 555 g/mol. The lowest BCUT2D eigenvalue weighted by atomic mass is 9.81. The molecule has 1 aliphatic rings. The molecule has 0 radical (unpaired) electrons. The normalized spacial score (nSPS) is 17.7. The number of nitrogens with two attached hydrogens (primary N) is 1. The van der Waals surface area contributed by atoms with E-state index in [1.807, 2.05) is 24.3 Å². The molecule has 0 spiro atoms. The molecule has 4 rings (SSSR count). The van der Waals surface area contributed by atoms with E-state index in [4.69, 9.17) is 10.5 Å². The number of amides is 1. The number of guanidine groups is 1. The van der Waals surface area contributed by atoms with Crippen LogP contribution in [0.15, 0.2) is 77.8 Å². The SMILES string of the molecule is COc1cccc(-c2cccc(C3(c4ccc(OS(=O)(=O)C(F)(F)F)cc4)N=C(N)N(C)C3=O)c2)c1.Cl. The lowest BCUT2D eigenvalue weighted by Crippen LogP contribution is -2.41. The number of aliphatic imine (C=N–C) groups is 1. The number of methoxy groups -OCH3 is 1. The summed E-state index contributed by atoms with van der Waals surface area (Å²) in [5.41, 5.74) is 0.980. The largest absolute Gasteiger partial charge is 0.534 e. The Morgan fingerprint density at radius 2 is 1.51 bits per heavy atom. The van der Waals surface area contributed by atoms with Crippen LogP contribution in [0.1, 0.15) is 11.1 Å². The van der Waals surface area contributed by atoms with Crippen LogP contribution in [0, 0.1) is 0 Å². The van der Waals surface area contributed by atoms with Crippen molar-refractivity contribution in [2.45, 2.75) is 11.0 Å². The second kappa shape index (κ2) is 9.94. The molecule has 8 nitrogen and oxygen atoms in total. The number of carbonyl (C=O) groups excluding carboxylic acids is 1. The van der Waals surface area contributed by atoms with Crippen molar-refractivity contribution >= 4 is 34.4 Å². The van der Waals surface area contributed by atoms with Gasteiger partial charge in [0, 0.05) is 7.05 Å². The van der Waals surface area contributed by atoms with Crippen molar-refractivity contribution in [1.29, 1.82) is 0 Å². The van der Waals surface area contributed by atoms with Crippen LogP contribution < -0.4 is 14.7 Å². The summed E-state index contributed by atoms with van der Waals surface area (Å²) < 4.78 is 70.2. The first-order valence-electron chi connectivity index (χ1n) is 10.4. The molecule has 1 amide bonds. The molecule has 0 aromatic heterocycles. The van der Waals surface area contributed by atoms with Gasteiger partial charge in [0.15, 0.2) is 11.5 Å². The predicted molar refractivity (Wildman–Crippen MR) is 133 cm³/mol. The van der Waals surface area contributed by atoms with Gasteiger partial charge < -0.3 is 14.7 Å². The van der Waals surface area contributed by atoms with Gasteiger partial charge in [0.05, 0.1) is 7.11 Å². The van der Waals surface area contributed by atoms with Crippen molar-refractivity contribution in [2.75, 3.05) is 14.2 Å². The van der Waals surface area contributed by atoms with Crippen LogP contribution in [0.4, 0.5) is 13.2 Å². The average Bonchev–Trinajstić information content (AvgIpc) is 3.08. The molecular formula is C24H21ClF3N3O5S. The third-order valence-electron chi connectivity index (χ3n) is 5.68. The number of halogens is 4. The van der Waals surface area contributed by atoms with E-state index in [0.717, 1.165) is 28.2 Å². The van der Waals surface area contributed by atoms with E-state index < -0.39 is 32.8 Å². The van der Waals surface area contributed by atoms with Crippen molar-refractivity contribution in [3.63, 3.8) is 0 Å². The molecule has 0 saturated heterocycles. The second-order valence-corrected chi connectivity index (χ2v) is 9.40. The number of likely N-dealkylation sites (N-methyl/N-ethyl adjacent to an activating group) is 1. The van der Waals surface area contributed by atoms with Gasteiger partial charge in [-0.3, -0.25) is 9.69 Å². The van der Waals surface area contributed by atoms with Crippen LogP contribution in [0.2, 0.25) is 0 Å². The van der Waals surface area contributed by atoms with Crippen LogP contribution in [-0.2, 0) is 20.5 Å². The lowest BCUT2D eigenvalue weighted by molar-refractivity contribution is -0.129. The molecular weight excluding hydrogens is 535 g/mol. The van der Waals surface area contributed by atoms with Gasteiger partial charge in [-0.25, -0.2) is 4.99 Å². The molecule has 13 heteroatoms. The number of nitrogens with zero attached hydrogens (tertiary/aromatic N) is 2. The number of hydrogen-bond acceptors (Lipinski definition) is 7. The summed E-state index contributed by atoms with van der Waals surface area (Å²) in [6, 6.07) is 18.9. The minimum Gasteiger partial charge on any atom is -0.497 e. The molecule has 1 unspecified atom stereocenters. The van der Waals surface area contributed by atoms with E-state index in [2.05, 4.69) is 9.18 Å².